The molecule has 2 amide bonds. The number of para-hydroxylation sites is 2. The molecule has 134 valence electrons. The third kappa shape index (κ3) is 4.32. The van der Waals surface area contributed by atoms with Crippen molar-refractivity contribution in [1.82, 2.24) is 4.90 Å². The first kappa shape index (κ1) is 18.6. The summed E-state index contributed by atoms with van der Waals surface area (Å²) in [4.78, 5) is 27.8. The number of rotatable bonds is 6. The number of thiophene rings is 1. The van der Waals surface area contributed by atoms with Gasteiger partial charge in [-0.05, 0) is 29.7 Å². The number of benzene rings is 1. The SMILES string of the molecule is COc1ccccc1NC(=O)CCN1C(=O)C(=Cc2cccs2)SC1=S. The smallest absolute Gasteiger partial charge is 0.266 e. The zero-order valence-corrected chi connectivity index (χ0v) is 16.4. The van der Waals surface area contributed by atoms with Crippen LogP contribution in [0.5, 0.6) is 5.75 Å². The molecule has 1 aliphatic heterocycles. The lowest BCUT2D eigenvalue weighted by molar-refractivity contribution is -0.122. The first-order chi connectivity index (χ1) is 12.6. The summed E-state index contributed by atoms with van der Waals surface area (Å²) in [6.07, 6.45) is 1.98. The quantitative estimate of drug-likeness (QED) is 0.583. The standard InChI is InChI=1S/C18H16N2O3S3/c1-23-14-7-3-2-6-13(14)19-16(21)8-9-20-17(22)15(26-18(20)24)11-12-5-4-10-25-12/h2-7,10-11H,8-9H2,1H3,(H,19,21). The molecule has 5 nitrogen and oxygen atoms in total. The highest BCUT2D eigenvalue weighted by atomic mass is 32.2. The summed E-state index contributed by atoms with van der Waals surface area (Å²) in [6.45, 7) is 0.243. The van der Waals surface area contributed by atoms with E-state index in [0.717, 1.165) is 4.88 Å². The van der Waals surface area contributed by atoms with E-state index < -0.39 is 0 Å². The fourth-order valence-corrected chi connectivity index (χ4v) is 4.40. The summed E-state index contributed by atoms with van der Waals surface area (Å²) in [7, 11) is 1.55. The number of hydrogen-bond donors (Lipinski definition) is 1. The first-order valence-corrected chi connectivity index (χ1v) is 9.90. The number of thioether (sulfide) groups is 1. The van der Waals surface area contributed by atoms with Gasteiger partial charge in [0.05, 0.1) is 17.7 Å². The molecule has 1 N–H and O–H groups in total. The monoisotopic (exact) mass is 404 g/mol. The predicted octanol–water partition coefficient (Wildman–Crippen LogP) is 3.99. The van der Waals surface area contributed by atoms with Gasteiger partial charge in [-0.1, -0.05) is 42.2 Å². The molecule has 0 radical (unpaired) electrons. The fraction of sp³-hybridized carbons (Fsp3) is 0.167. The largest absolute Gasteiger partial charge is 0.495 e. The minimum atomic E-state index is -0.203. The molecule has 1 fully saturated rings. The maximum absolute atomic E-state index is 12.5. The maximum Gasteiger partial charge on any atom is 0.266 e. The summed E-state index contributed by atoms with van der Waals surface area (Å²) in [5, 5.41) is 4.75. The van der Waals surface area contributed by atoms with Crippen molar-refractivity contribution >= 4 is 63.2 Å². The van der Waals surface area contributed by atoms with Crippen molar-refractivity contribution in [3.8, 4) is 5.75 Å². The molecule has 0 aliphatic carbocycles. The summed E-state index contributed by atoms with van der Waals surface area (Å²) >= 11 is 8.11. The van der Waals surface area contributed by atoms with Crippen molar-refractivity contribution < 1.29 is 14.3 Å². The number of methoxy groups -OCH3 is 1. The number of ether oxygens (including phenoxy) is 1. The van der Waals surface area contributed by atoms with Crippen LogP contribution >= 0.6 is 35.3 Å². The summed E-state index contributed by atoms with van der Waals surface area (Å²) in [5.74, 6) is 0.231. The van der Waals surface area contributed by atoms with Crippen LogP contribution in [0.3, 0.4) is 0 Å². The molecule has 0 unspecified atom stereocenters. The van der Waals surface area contributed by atoms with Crippen LogP contribution in [0.25, 0.3) is 6.08 Å². The molecule has 0 bridgehead atoms. The van der Waals surface area contributed by atoms with Gasteiger partial charge in [-0.2, -0.15) is 0 Å². The highest BCUT2D eigenvalue weighted by Gasteiger charge is 2.32. The second kappa shape index (κ2) is 8.48. The molecule has 1 aromatic heterocycles. The van der Waals surface area contributed by atoms with Crippen LogP contribution in [-0.2, 0) is 9.59 Å². The molecule has 3 rings (SSSR count). The average molecular weight is 405 g/mol. The number of nitrogens with one attached hydrogen (secondary N) is 1. The minimum absolute atomic E-state index is 0.150. The predicted molar refractivity (Wildman–Crippen MR) is 110 cm³/mol. The maximum atomic E-state index is 12.5. The van der Waals surface area contributed by atoms with Crippen molar-refractivity contribution in [3.05, 3.63) is 51.6 Å². The van der Waals surface area contributed by atoms with Gasteiger partial charge in [0, 0.05) is 17.8 Å². The third-order valence-electron chi connectivity index (χ3n) is 3.63. The van der Waals surface area contributed by atoms with Gasteiger partial charge in [0.25, 0.3) is 5.91 Å². The Hall–Kier alpha value is -2.16. The molecule has 8 heteroatoms. The van der Waals surface area contributed by atoms with Gasteiger partial charge in [0.2, 0.25) is 5.91 Å². The molecule has 0 atom stereocenters. The number of anilines is 1. The molecule has 0 spiro atoms. The Labute approximate surface area is 165 Å². The lowest BCUT2D eigenvalue weighted by Crippen LogP contribution is -2.31. The zero-order chi connectivity index (χ0) is 18.5. The van der Waals surface area contributed by atoms with E-state index in [4.69, 9.17) is 17.0 Å². The molecule has 2 heterocycles. The Morgan fingerprint density at radius 3 is 2.85 bits per heavy atom. The van der Waals surface area contributed by atoms with Crippen LogP contribution in [0.1, 0.15) is 11.3 Å². The van der Waals surface area contributed by atoms with E-state index in [2.05, 4.69) is 5.32 Å². The Morgan fingerprint density at radius 2 is 2.12 bits per heavy atom. The molecule has 1 saturated heterocycles. The van der Waals surface area contributed by atoms with E-state index in [9.17, 15) is 9.59 Å². The van der Waals surface area contributed by atoms with Crippen molar-refractivity contribution in [2.75, 3.05) is 19.0 Å². The lowest BCUT2D eigenvalue weighted by Gasteiger charge is -2.15. The summed E-state index contributed by atoms with van der Waals surface area (Å²) in [6, 6.07) is 11.1. The number of nitrogens with zero attached hydrogens (tertiary/aromatic N) is 1. The van der Waals surface area contributed by atoms with E-state index in [0.29, 0.717) is 20.7 Å². The van der Waals surface area contributed by atoms with E-state index in [1.807, 2.05) is 35.7 Å². The van der Waals surface area contributed by atoms with Gasteiger partial charge in [-0.25, -0.2) is 0 Å². The number of hydrogen-bond acceptors (Lipinski definition) is 6. The molecule has 2 aromatic rings. The molecular weight excluding hydrogens is 388 g/mol. The highest BCUT2D eigenvalue weighted by Crippen LogP contribution is 2.33. The van der Waals surface area contributed by atoms with Gasteiger partial charge in [0.1, 0.15) is 10.1 Å². The van der Waals surface area contributed by atoms with Crippen LogP contribution in [0.2, 0.25) is 0 Å². The van der Waals surface area contributed by atoms with Crippen LogP contribution in [0, 0.1) is 0 Å². The van der Waals surface area contributed by atoms with E-state index in [1.54, 1.807) is 30.6 Å². The van der Waals surface area contributed by atoms with Gasteiger partial charge in [0.15, 0.2) is 0 Å². The van der Waals surface area contributed by atoms with Gasteiger partial charge in [-0.15, -0.1) is 11.3 Å². The van der Waals surface area contributed by atoms with Gasteiger partial charge in [-0.3, -0.25) is 14.5 Å². The van der Waals surface area contributed by atoms with Crippen LogP contribution in [-0.4, -0.2) is 34.7 Å². The average Bonchev–Trinajstić information content (AvgIpc) is 3.23. The molecule has 1 aliphatic rings. The van der Waals surface area contributed by atoms with Crippen LogP contribution in [0.4, 0.5) is 5.69 Å². The van der Waals surface area contributed by atoms with Crippen molar-refractivity contribution in [3.63, 3.8) is 0 Å². The topological polar surface area (TPSA) is 58.6 Å². The lowest BCUT2D eigenvalue weighted by atomic mass is 10.2. The summed E-state index contributed by atoms with van der Waals surface area (Å²) in [5.41, 5.74) is 0.600. The number of carbonyl (C=O) groups is 2. The van der Waals surface area contributed by atoms with Gasteiger partial charge >= 0.3 is 0 Å². The number of carbonyl (C=O) groups excluding carboxylic acids is 2. The summed E-state index contributed by atoms with van der Waals surface area (Å²) < 4.78 is 5.69. The fourth-order valence-electron chi connectivity index (χ4n) is 2.37. The van der Waals surface area contributed by atoms with Crippen molar-refractivity contribution in [2.45, 2.75) is 6.42 Å². The number of amides is 2. The van der Waals surface area contributed by atoms with E-state index in [-0.39, 0.29) is 24.8 Å². The van der Waals surface area contributed by atoms with Crippen molar-refractivity contribution in [2.24, 2.45) is 0 Å². The Kier molecular flexibility index (Phi) is 6.08. The highest BCUT2D eigenvalue weighted by molar-refractivity contribution is 8.26. The Bertz CT molecular complexity index is 862. The third-order valence-corrected chi connectivity index (χ3v) is 5.83. The van der Waals surface area contributed by atoms with Gasteiger partial charge < -0.3 is 10.1 Å². The Morgan fingerprint density at radius 1 is 1.31 bits per heavy atom. The molecule has 0 saturated carbocycles. The van der Waals surface area contributed by atoms with Crippen molar-refractivity contribution in [1.29, 1.82) is 0 Å². The molecular formula is C18H16N2O3S3. The first-order valence-electron chi connectivity index (χ1n) is 7.80. The van der Waals surface area contributed by atoms with Crippen LogP contribution in [0.15, 0.2) is 46.7 Å². The van der Waals surface area contributed by atoms with E-state index in [1.165, 1.54) is 16.7 Å². The number of thiocarbonyl (C=S) groups is 1. The normalized spacial score (nSPS) is 15.6. The van der Waals surface area contributed by atoms with Crippen LogP contribution < -0.4 is 10.1 Å². The zero-order valence-electron chi connectivity index (χ0n) is 13.9. The van der Waals surface area contributed by atoms with E-state index >= 15 is 0 Å². The molecule has 26 heavy (non-hydrogen) atoms. The minimum Gasteiger partial charge on any atom is -0.495 e. The second-order valence-corrected chi connectivity index (χ2v) is 8.00. The Balaban J connectivity index is 1.60. The second-order valence-electron chi connectivity index (χ2n) is 5.35. The molecule has 1 aromatic carbocycles.